The molecule has 1 saturated carbocycles. The zero-order valence-electron chi connectivity index (χ0n) is 10.5. The van der Waals surface area contributed by atoms with Crippen LogP contribution in [0.3, 0.4) is 0 Å². The van der Waals surface area contributed by atoms with Gasteiger partial charge in [-0.15, -0.1) is 0 Å². The smallest absolute Gasteiger partial charge is 0.160 e. The Balaban J connectivity index is 2.05. The molecule has 0 aliphatic heterocycles. The number of benzene rings is 1. The van der Waals surface area contributed by atoms with Crippen molar-refractivity contribution in [3.63, 3.8) is 0 Å². The van der Waals surface area contributed by atoms with Crippen molar-refractivity contribution in [1.82, 2.24) is 0 Å². The number of halogens is 3. The van der Waals surface area contributed by atoms with Crippen molar-refractivity contribution in [1.29, 1.82) is 0 Å². The third-order valence-corrected chi connectivity index (χ3v) is 4.26. The summed E-state index contributed by atoms with van der Waals surface area (Å²) in [7, 11) is 0. The number of nitrogens with one attached hydrogen (secondary N) is 1. The lowest BCUT2D eigenvalue weighted by molar-refractivity contribution is 0.327. The van der Waals surface area contributed by atoms with Crippen LogP contribution in [0.1, 0.15) is 39.0 Å². The Morgan fingerprint density at radius 3 is 2.56 bits per heavy atom. The van der Waals surface area contributed by atoms with E-state index < -0.39 is 5.82 Å². The normalized spacial score (nSPS) is 24.0. The minimum Gasteiger partial charge on any atom is -0.382 e. The first-order chi connectivity index (χ1) is 8.60. The van der Waals surface area contributed by atoms with Gasteiger partial charge in [-0.05, 0) is 30.9 Å². The van der Waals surface area contributed by atoms with Crippen molar-refractivity contribution >= 4 is 28.9 Å². The first kappa shape index (κ1) is 14.0. The zero-order chi connectivity index (χ0) is 13.1. The van der Waals surface area contributed by atoms with Gasteiger partial charge in [0, 0.05) is 11.7 Å². The summed E-state index contributed by atoms with van der Waals surface area (Å²) < 4.78 is 13.3. The quantitative estimate of drug-likeness (QED) is 0.723. The van der Waals surface area contributed by atoms with Crippen molar-refractivity contribution in [2.75, 3.05) is 5.32 Å². The fraction of sp³-hybridized carbons (Fsp3) is 0.571. The van der Waals surface area contributed by atoms with Crippen molar-refractivity contribution in [2.24, 2.45) is 5.92 Å². The molecule has 1 N–H and O–H groups in total. The van der Waals surface area contributed by atoms with Crippen LogP contribution in [-0.4, -0.2) is 6.04 Å². The molecule has 100 valence electrons. The minimum atomic E-state index is -0.543. The molecule has 4 heteroatoms. The standard InChI is InChI=1S/C14H18Cl2FN/c1-2-9-4-3-5-10(6-9)18-11-7-12(15)14(17)13(16)8-11/h7-10,18H,2-6H2,1H3. The van der Waals surface area contributed by atoms with Gasteiger partial charge in [0.2, 0.25) is 0 Å². The highest BCUT2D eigenvalue weighted by molar-refractivity contribution is 6.35. The van der Waals surface area contributed by atoms with E-state index in [9.17, 15) is 4.39 Å². The molecule has 1 aromatic rings. The topological polar surface area (TPSA) is 12.0 Å². The summed E-state index contributed by atoms with van der Waals surface area (Å²) in [6, 6.07) is 3.66. The average Bonchev–Trinajstić information content (AvgIpc) is 2.36. The van der Waals surface area contributed by atoms with E-state index >= 15 is 0 Å². The van der Waals surface area contributed by atoms with Crippen LogP contribution >= 0.6 is 23.2 Å². The highest BCUT2D eigenvalue weighted by Gasteiger charge is 2.21. The summed E-state index contributed by atoms with van der Waals surface area (Å²) in [5, 5.41) is 3.57. The molecule has 18 heavy (non-hydrogen) atoms. The first-order valence-electron chi connectivity index (χ1n) is 6.51. The van der Waals surface area contributed by atoms with Crippen molar-refractivity contribution < 1.29 is 4.39 Å². The zero-order valence-corrected chi connectivity index (χ0v) is 12.0. The van der Waals surface area contributed by atoms with Gasteiger partial charge < -0.3 is 5.32 Å². The number of rotatable bonds is 3. The highest BCUT2D eigenvalue weighted by atomic mass is 35.5. The summed E-state index contributed by atoms with van der Waals surface area (Å²) in [5.74, 6) is 0.251. The Labute approximate surface area is 118 Å². The average molecular weight is 290 g/mol. The lowest BCUT2D eigenvalue weighted by Gasteiger charge is -2.30. The molecule has 2 atom stereocenters. The van der Waals surface area contributed by atoms with E-state index in [0.717, 1.165) is 18.0 Å². The predicted molar refractivity (Wildman–Crippen MR) is 76.1 cm³/mol. The van der Waals surface area contributed by atoms with Gasteiger partial charge in [0.05, 0.1) is 10.0 Å². The molecule has 0 amide bonds. The molecule has 0 heterocycles. The van der Waals surface area contributed by atoms with Gasteiger partial charge in [-0.1, -0.05) is 49.4 Å². The minimum absolute atomic E-state index is 0.0767. The Hall–Kier alpha value is -0.470. The van der Waals surface area contributed by atoms with E-state index in [1.807, 2.05) is 0 Å². The van der Waals surface area contributed by atoms with Crippen molar-refractivity contribution in [2.45, 2.75) is 45.1 Å². The fourth-order valence-electron chi connectivity index (χ4n) is 2.67. The van der Waals surface area contributed by atoms with Gasteiger partial charge in [0.1, 0.15) is 0 Å². The number of anilines is 1. The number of hydrogen-bond acceptors (Lipinski definition) is 1. The second-order valence-electron chi connectivity index (χ2n) is 5.04. The Kier molecular flexibility index (Phi) is 4.74. The second-order valence-corrected chi connectivity index (χ2v) is 5.85. The Morgan fingerprint density at radius 2 is 1.94 bits per heavy atom. The molecule has 0 spiro atoms. The van der Waals surface area contributed by atoms with Crippen LogP contribution in [0.25, 0.3) is 0 Å². The molecule has 0 aromatic heterocycles. The van der Waals surface area contributed by atoms with E-state index in [1.54, 1.807) is 12.1 Å². The van der Waals surface area contributed by atoms with Gasteiger partial charge in [-0.3, -0.25) is 0 Å². The molecular formula is C14H18Cl2FN. The molecule has 2 unspecified atom stereocenters. The van der Waals surface area contributed by atoms with Crippen LogP contribution in [0.2, 0.25) is 10.0 Å². The molecular weight excluding hydrogens is 272 g/mol. The molecule has 0 radical (unpaired) electrons. The van der Waals surface area contributed by atoms with E-state index in [0.29, 0.717) is 6.04 Å². The molecule has 1 aromatic carbocycles. The largest absolute Gasteiger partial charge is 0.382 e. The maximum absolute atomic E-state index is 13.3. The van der Waals surface area contributed by atoms with Crippen LogP contribution in [0.5, 0.6) is 0 Å². The van der Waals surface area contributed by atoms with Gasteiger partial charge in [-0.25, -0.2) is 4.39 Å². The van der Waals surface area contributed by atoms with E-state index in [4.69, 9.17) is 23.2 Å². The van der Waals surface area contributed by atoms with E-state index in [1.165, 1.54) is 25.7 Å². The third kappa shape index (κ3) is 3.30. The predicted octanol–water partition coefficient (Wildman–Crippen LogP) is 5.51. The number of hydrogen-bond donors (Lipinski definition) is 1. The van der Waals surface area contributed by atoms with Crippen LogP contribution in [0, 0.1) is 11.7 Å². The molecule has 2 rings (SSSR count). The molecule has 1 aliphatic rings. The van der Waals surface area contributed by atoms with Crippen LogP contribution < -0.4 is 5.32 Å². The van der Waals surface area contributed by atoms with Gasteiger partial charge in [0.25, 0.3) is 0 Å². The summed E-state index contributed by atoms with van der Waals surface area (Å²) in [4.78, 5) is 0. The molecule has 0 bridgehead atoms. The molecule has 1 nitrogen and oxygen atoms in total. The third-order valence-electron chi connectivity index (χ3n) is 3.71. The van der Waals surface area contributed by atoms with Crippen molar-refractivity contribution in [3.8, 4) is 0 Å². The SMILES string of the molecule is CCC1CCCC(Nc2cc(Cl)c(F)c(Cl)c2)C1. The second kappa shape index (κ2) is 6.12. The lowest BCUT2D eigenvalue weighted by atomic mass is 9.84. The molecule has 1 fully saturated rings. The highest BCUT2D eigenvalue weighted by Crippen LogP contribution is 2.31. The van der Waals surface area contributed by atoms with Crippen LogP contribution in [0.15, 0.2) is 12.1 Å². The first-order valence-corrected chi connectivity index (χ1v) is 7.26. The summed E-state index contributed by atoms with van der Waals surface area (Å²) in [5.41, 5.74) is 0.813. The molecule has 1 aliphatic carbocycles. The van der Waals surface area contributed by atoms with Crippen LogP contribution in [0.4, 0.5) is 10.1 Å². The van der Waals surface area contributed by atoms with Gasteiger partial charge in [-0.2, -0.15) is 0 Å². The van der Waals surface area contributed by atoms with E-state index in [-0.39, 0.29) is 10.0 Å². The van der Waals surface area contributed by atoms with Crippen molar-refractivity contribution in [3.05, 3.63) is 28.0 Å². The maximum Gasteiger partial charge on any atom is 0.160 e. The monoisotopic (exact) mass is 289 g/mol. The lowest BCUT2D eigenvalue weighted by Crippen LogP contribution is -2.27. The van der Waals surface area contributed by atoms with Gasteiger partial charge >= 0.3 is 0 Å². The summed E-state index contributed by atoms with van der Waals surface area (Å²) in [6.07, 6.45) is 6.12. The molecule has 0 saturated heterocycles. The van der Waals surface area contributed by atoms with Crippen LogP contribution in [-0.2, 0) is 0 Å². The Morgan fingerprint density at radius 1 is 1.28 bits per heavy atom. The fourth-order valence-corrected chi connectivity index (χ4v) is 3.15. The van der Waals surface area contributed by atoms with E-state index in [2.05, 4.69) is 12.2 Å². The maximum atomic E-state index is 13.3. The Bertz CT molecular complexity index is 399. The van der Waals surface area contributed by atoms with Gasteiger partial charge in [0.15, 0.2) is 5.82 Å². The summed E-state index contributed by atoms with van der Waals surface area (Å²) in [6.45, 7) is 2.23. The summed E-state index contributed by atoms with van der Waals surface area (Å²) >= 11 is 11.6.